The summed E-state index contributed by atoms with van der Waals surface area (Å²) in [5.41, 5.74) is 3.88. The molecule has 2 aromatic carbocycles. The van der Waals surface area contributed by atoms with E-state index < -0.39 is 0 Å². The van der Waals surface area contributed by atoms with Gasteiger partial charge in [-0.15, -0.1) is 0 Å². The molecule has 100 valence electrons. The van der Waals surface area contributed by atoms with Gasteiger partial charge in [0.05, 0.1) is 6.61 Å². The molecule has 2 unspecified atom stereocenters. The van der Waals surface area contributed by atoms with Crippen LogP contribution in [0.15, 0.2) is 30.3 Å². The summed E-state index contributed by atoms with van der Waals surface area (Å²) in [6.07, 6.45) is 1.09. The Labute approximate surface area is 114 Å². The Morgan fingerprint density at radius 2 is 2.00 bits per heavy atom. The highest BCUT2D eigenvalue weighted by Crippen LogP contribution is 2.39. The van der Waals surface area contributed by atoms with Crippen molar-refractivity contribution in [2.45, 2.75) is 31.9 Å². The third-order valence-corrected chi connectivity index (χ3v) is 4.58. The van der Waals surface area contributed by atoms with Crippen molar-refractivity contribution in [2.24, 2.45) is 0 Å². The Morgan fingerprint density at radius 3 is 2.68 bits per heavy atom. The predicted molar refractivity (Wildman–Crippen MR) is 79.5 cm³/mol. The van der Waals surface area contributed by atoms with Gasteiger partial charge in [-0.05, 0) is 53.9 Å². The van der Waals surface area contributed by atoms with Gasteiger partial charge in [0.1, 0.15) is 0 Å². The Bertz CT molecular complexity index is 618. The molecule has 1 aliphatic carbocycles. The maximum Gasteiger partial charge on any atom is 0.0687 e. The first-order chi connectivity index (χ1) is 9.13. The standard InChI is InChI=1S/C17H21NO/c1-11-14-5-4-6-15-13(10-19)8-7-12(17(14)15)9-16(11)18(2)3/h4-8,11,16,19H,9-10H2,1-3H3. The summed E-state index contributed by atoms with van der Waals surface area (Å²) in [5.74, 6) is 0.528. The molecule has 0 saturated heterocycles. The normalized spacial score (nSPS) is 22.2. The number of aliphatic hydroxyl groups excluding tert-OH is 1. The van der Waals surface area contributed by atoms with E-state index >= 15 is 0 Å². The van der Waals surface area contributed by atoms with E-state index in [4.69, 9.17) is 0 Å². The molecule has 0 heterocycles. The van der Waals surface area contributed by atoms with Gasteiger partial charge in [0, 0.05) is 6.04 Å². The van der Waals surface area contributed by atoms with Crippen molar-refractivity contribution >= 4 is 10.8 Å². The Kier molecular flexibility index (Phi) is 3.08. The molecule has 0 spiro atoms. The van der Waals surface area contributed by atoms with Crippen LogP contribution < -0.4 is 0 Å². The van der Waals surface area contributed by atoms with E-state index in [9.17, 15) is 5.11 Å². The topological polar surface area (TPSA) is 23.5 Å². The predicted octanol–water partition coefficient (Wildman–Crippen LogP) is 2.92. The van der Waals surface area contributed by atoms with Gasteiger partial charge in [-0.2, -0.15) is 0 Å². The molecular weight excluding hydrogens is 234 g/mol. The van der Waals surface area contributed by atoms with Gasteiger partial charge in [-0.3, -0.25) is 0 Å². The van der Waals surface area contributed by atoms with E-state index in [2.05, 4.69) is 56.3 Å². The highest BCUT2D eigenvalue weighted by molar-refractivity contribution is 5.92. The second-order valence-corrected chi connectivity index (χ2v) is 5.84. The van der Waals surface area contributed by atoms with Gasteiger partial charge in [0.25, 0.3) is 0 Å². The molecule has 3 rings (SSSR count). The van der Waals surface area contributed by atoms with Crippen LogP contribution in [0.5, 0.6) is 0 Å². The minimum atomic E-state index is 0.117. The summed E-state index contributed by atoms with van der Waals surface area (Å²) in [6, 6.07) is 11.3. The summed E-state index contributed by atoms with van der Waals surface area (Å²) in [7, 11) is 4.32. The molecule has 1 N–H and O–H groups in total. The molecule has 2 atom stereocenters. The quantitative estimate of drug-likeness (QED) is 0.892. The molecule has 0 aliphatic heterocycles. The molecule has 1 aliphatic rings. The number of likely N-dealkylation sites (N-methyl/N-ethyl adjacent to an activating group) is 1. The summed E-state index contributed by atoms with van der Waals surface area (Å²) < 4.78 is 0. The van der Waals surface area contributed by atoms with Gasteiger partial charge < -0.3 is 10.0 Å². The zero-order valence-corrected chi connectivity index (χ0v) is 11.9. The first-order valence-electron chi connectivity index (χ1n) is 6.94. The van der Waals surface area contributed by atoms with Crippen molar-refractivity contribution in [3.63, 3.8) is 0 Å². The molecule has 0 fully saturated rings. The van der Waals surface area contributed by atoms with Gasteiger partial charge in [-0.25, -0.2) is 0 Å². The zero-order valence-electron chi connectivity index (χ0n) is 11.9. The van der Waals surface area contributed by atoms with E-state index in [1.165, 1.54) is 21.9 Å². The smallest absolute Gasteiger partial charge is 0.0687 e. The third kappa shape index (κ3) is 1.87. The van der Waals surface area contributed by atoms with Crippen LogP contribution in [0.1, 0.15) is 29.5 Å². The van der Waals surface area contributed by atoms with Crippen molar-refractivity contribution < 1.29 is 5.11 Å². The second-order valence-electron chi connectivity index (χ2n) is 5.84. The first-order valence-corrected chi connectivity index (χ1v) is 6.94. The van der Waals surface area contributed by atoms with Gasteiger partial charge in [0.2, 0.25) is 0 Å². The van der Waals surface area contributed by atoms with Crippen LogP contribution in [0.3, 0.4) is 0 Å². The van der Waals surface area contributed by atoms with Crippen molar-refractivity contribution in [3.8, 4) is 0 Å². The lowest BCUT2D eigenvalue weighted by atomic mass is 9.78. The molecule has 0 radical (unpaired) electrons. The van der Waals surface area contributed by atoms with Crippen LogP contribution in [0.4, 0.5) is 0 Å². The molecule has 19 heavy (non-hydrogen) atoms. The highest BCUT2D eigenvalue weighted by Gasteiger charge is 2.29. The third-order valence-electron chi connectivity index (χ3n) is 4.58. The summed E-state index contributed by atoms with van der Waals surface area (Å²) in [6.45, 7) is 2.43. The van der Waals surface area contributed by atoms with Crippen molar-refractivity contribution in [2.75, 3.05) is 14.1 Å². The monoisotopic (exact) mass is 255 g/mol. The summed E-state index contributed by atoms with van der Waals surface area (Å²) in [4.78, 5) is 2.33. The van der Waals surface area contributed by atoms with Crippen LogP contribution in [-0.4, -0.2) is 30.1 Å². The van der Waals surface area contributed by atoms with Crippen LogP contribution in [0.25, 0.3) is 10.8 Å². The maximum absolute atomic E-state index is 9.51. The minimum Gasteiger partial charge on any atom is -0.392 e. The van der Waals surface area contributed by atoms with E-state index in [1.54, 1.807) is 0 Å². The van der Waals surface area contributed by atoms with Crippen molar-refractivity contribution in [3.05, 3.63) is 47.0 Å². The zero-order chi connectivity index (χ0) is 13.6. The SMILES string of the molecule is CC1c2cccc3c(CO)ccc(c23)CC1N(C)C. The van der Waals surface area contributed by atoms with E-state index in [0.717, 1.165) is 12.0 Å². The van der Waals surface area contributed by atoms with E-state index in [-0.39, 0.29) is 6.61 Å². The fourth-order valence-electron chi connectivity index (χ4n) is 3.50. The van der Waals surface area contributed by atoms with E-state index in [0.29, 0.717) is 12.0 Å². The molecule has 2 heteroatoms. The van der Waals surface area contributed by atoms with Gasteiger partial charge >= 0.3 is 0 Å². The summed E-state index contributed by atoms with van der Waals surface area (Å²) in [5, 5.41) is 12.1. The highest BCUT2D eigenvalue weighted by atomic mass is 16.3. The largest absolute Gasteiger partial charge is 0.392 e. The van der Waals surface area contributed by atoms with Crippen LogP contribution in [0, 0.1) is 0 Å². The number of nitrogens with zero attached hydrogens (tertiary/aromatic N) is 1. The van der Waals surface area contributed by atoms with Gasteiger partial charge in [-0.1, -0.05) is 37.3 Å². The number of hydrogen-bond donors (Lipinski definition) is 1. The number of rotatable bonds is 2. The molecular formula is C17H21NO. The Morgan fingerprint density at radius 1 is 1.21 bits per heavy atom. The Balaban J connectivity index is 2.27. The van der Waals surface area contributed by atoms with Gasteiger partial charge in [0.15, 0.2) is 0 Å². The Hall–Kier alpha value is -1.38. The summed E-state index contributed by atoms with van der Waals surface area (Å²) >= 11 is 0. The van der Waals surface area contributed by atoms with Crippen molar-refractivity contribution in [1.82, 2.24) is 4.90 Å². The second kappa shape index (κ2) is 4.62. The number of hydrogen-bond acceptors (Lipinski definition) is 2. The molecule has 2 aromatic rings. The average Bonchev–Trinajstić information content (AvgIpc) is 2.42. The molecule has 0 saturated carbocycles. The fourth-order valence-corrected chi connectivity index (χ4v) is 3.50. The molecule has 2 nitrogen and oxygen atoms in total. The maximum atomic E-state index is 9.51. The fraction of sp³-hybridized carbons (Fsp3) is 0.412. The number of aliphatic hydroxyl groups is 1. The first kappa shape index (κ1) is 12.6. The van der Waals surface area contributed by atoms with Crippen LogP contribution in [0.2, 0.25) is 0 Å². The van der Waals surface area contributed by atoms with Crippen molar-refractivity contribution in [1.29, 1.82) is 0 Å². The minimum absolute atomic E-state index is 0.117. The molecule has 0 bridgehead atoms. The van der Waals surface area contributed by atoms with E-state index in [1.807, 2.05) is 0 Å². The number of benzene rings is 2. The lowest BCUT2D eigenvalue weighted by Gasteiger charge is -2.36. The lowest BCUT2D eigenvalue weighted by molar-refractivity contribution is 0.256. The van der Waals surface area contributed by atoms with Crippen LogP contribution >= 0.6 is 0 Å². The molecule has 0 amide bonds. The molecule has 0 aromatic heterocycles. The lowest BCUT2D eigenvalue weighted by Crippen LogP contribution is -2.37. The van der Waals surface area contributed by atoms with Crippen LogP contribution in [-0.2, 0) is 13.0 Å². The average molecular weight is 255 g/mol.